The Morgan fingerprint density at radius 3 is 2.37 bits per heavy atom. The van der Waals surface area contributed by atoms with E-state index >= 15 is 0 Å². The summed E-state index contributed by atoms with van der Waals surface area (Å²) in [7, 11) is -3.78. The van der Waals surface area contributed by atoms with Crippen molar-refractivity contribution < 1.29 is 18.3 Å². The van der Waals surface area contributed by atoms with Crippen molar-refractivity contribution in [1.29, 1.82) is 0 Å². The highest BCUT2D eigenvalue weighted by Crippen LogP contribution is 2.14. The summed E-state index contributed by atoms with van der Waals surface area (Å²) < 4.78 is 33.7. The first-order valence-corrected chi connectivity index (χ1v) is 10.3. The quantitative estimate of drug-likeness (QED) is 0.646. The van der Waals surface area contributed by atoms with E-state index in [-0.39, 0.29) is 11.5 Å². The first-order valence-electron chi connectivity index (χ1n) is 8.85. The number of nitrogens with one attached hydrogen (secondary N) is 1. The first kappa shape index (κ1) is 21.3. The molecule has 2 aromatic rings. The van der Waals surface area contributed by atoms with Gasteiger partial charge in [-0.25, -0.2) is 13.1 Å². The molecule has 0 saturated heterocycles. The van der Waals surface area contributed by atoms with Crippen molar-refractivity contribution in [1.82, 2.24) is 4.72 Å². The minimum absolute atomic E-state index is 0.0479. The fraction of sp³-hybridized carbons (Fsp3) is 0.333. The summed E-state index contributed by atoms with van der Waals surface area (Å²) >= 11 is 0. The van der Waals surface area contributed by atoms with Crippen LogP contribution in [-0.2, 0) is 21.4 Å². The Labute approximate surface area is 161 Å². The predicted octanol–water partition coefficient (Wildman–Crippen LogP) is 3.19. The molecule has 2 N–H and O–H groups in total. The maximum absolute atomic E-state index is 12.7. The Balaban J connectivity index is 2.12. The lowest BCUT2D eigenvalue weighted by Crippen LogP contribution is -2.46. The molecule has 0 aliphatic carbocycles. The van der Waals surface area contributed by atoms with Crippen LogP contribution in [0.25, 0.3) is 0 Å². The number of aliphatic hydroxyl groups is 1. The van der Waals surface area contributed by atoms with Crippen LogP contribution in [0.4, 0.5) is 0 Å². The van der Waals surface area contributed by atoms with Gasteiger partial charge < -0.3 is 9.84 Å². The number of hydrogen-bond donors (Lipinski definition) is 2. The monoisotopic (exact) mass is 389 g/mol. The second-order valence-electron chi connectivity index (χ2n) is 6.52. The average molecular weight is 390 g/mol. The Kier molecular flexibility index (Phi) is 7.74. The van der Waals surface area contributed by atoms with Crippen molar-refractivity contribution in [3.63, 3.8) is 0 Å². The smallest absolute Gasteiger partial charge is 0.240 e. The molecule has 6 heteroatoms. The van der Waals surface area contributed by atoms with Crippen molar-refractivity contribution in [2.45, 2.75) is 44.4 Å². The molecule has 27 heavy (non-hydrogen) atoms. The van der Waals surface area contributed by atoms with Crippen LogP contribution in [0.2, 0.25) is 0 Å². The van der Waals surface area contributed by atoms with Crippen LogP contribution in [0.5, 0.6) is 0 Å². The molecule has 2 atom stereocenters. The third-order valence-electron chi connectivity index (χ3n) is 4.35. The number of rotatable bonds is 9. The van der Waals surface area contributed by atoms with Gasteiger partial charge in [-0.3, -0.25) is 0 Å². The Morgan fingerprint density at radius 1 is 1.15 bits per heavy atom. The van der Waals surface area contributed by atoms with Gasteiger partial charge in [-0.1, -0.05) is 54.1 Å². The highest BCUT2D eigenvalue weighted by molar-refractivity contribution is 7.89. The lowest BCUT2D eigenvalue weighted by atomic mass is 10.1. The van der Waals surface area contributed by atoms with E-state index in [2.05, 4.69) is 4.72 Å². The van der Waals surface area contributed by atoms with Crippen molar-refractivity contribution in [3.8, 4) is 0 Å². The number of aliphatic hydroxyl groups excluding tert-OH is 1. The van der Waals surface area contributed by atoms with Gasteiger partial charge in [-0.05, 0) is 44.0 Å². The van der Waals surface area contributed by atoms with E-state index in [0.29, 0.717) is 12.2 Å². The van der Waals surface area contributed by atoms with Crippen LogP contribution in [0.1, 0.15) is 25.0 Å². The van der Waals surface area contributed by atoms with Crippen LogP contribution in [0.3, 0.4) is 0 Å². The fourth-order valence-corrected chi connectivity index (χ4v) is 3.77. The van der Waals surface area contributed by atoms with Gasteiger partial charge in [-0.2, -0.15) is 0 Å². The second kappa shape index (κ2) is 9.80. The molecular weight excluding hydrogens is 362 g/mol. The minimum atomic E-state index is -3.78. The standard InChI is InChI=1S/C21H27NO4S/c1-4-17(3)21(23)20(15-26-14-18-8-6-5-7-9-18)22-27(24,25)19-12-10-16(2)11-13-19/h4-13,20-23H,14-15H2,1-3H3/b17-4+/t20?,21-/m0/s1. The lowest BCUT2D eigenvalue weighted by Gasteiger charge is -2.25. The molecule has 0 aliphatic heterocycles. The van der Waals surface area contributed by atoms with Gasteiger partial charge in [0.25, 0.3) is 0 Å². The Hall–Kier alpha value is -1.99. The highest BCUT2D eigenvalue weighted by Gasteiger charge is 2.27. The first-order chi connectivity index (χ1) is 12.8. The van der Waals surface area contributed by atoms with Gasteiger partial charge in [0.05, 0.1) is 30.3 Å². The molecule has 5 nitrogen and oxygen atoms in total. The second-order valence-corrected chi connectivity index (χ2v) is 8.23. The summed E-state index contributed by atoms with van der Waals surface area (Å²) in [4.78, 5) is 0.159. The van der Waals surface area contributed by atoms with Gasteiger partial charge in [-0.15, -0.1) is 0 Å². The summed E-state index contributed by atoms with van der Waals surface area (Å²) in [5, 5.41) is 10.6. The summed E-state index contributed by atoms with van der Waals surface area (Å²) in [5.41, 5.74) is 2.63. The highest BCUT2D eigenvalue weighted by atomic mass is 32.2. The molecule has 1 unspecified atom stereocenters. The number of sulfonamides is 1. The number of hydrogen-bond acceptors (Lipinski definition) is 4. The van der Waals surface area contributed by atoms with E-state index in [4.69, 9.17) is 4.74 Å². The van der Waals surface area contributed by atoms with E-state index < -0.39 is 22.2 Å². The molecule has 0 aromatic heterocycles. The Bertz CT molecular complexity index is 846. The van der Waals surface area contributed by atoms with Crippen LogP contribution in [0.15, 0.2) is 71.1 Å². The molecule has 0 amide bonds. The van der Waals surface area contributed by atoms with Gasteiger partial charge >= 0.3 is 0 Å². The fourth-order valence-electron chi connectivity index (χ4n) is 2.54. The molecular formula is C21H27NO4S. The summed E-state index contributed by atoms with van der Waals surface area (Å²) in [6.45, 7) is 5.84. The van der Waals surface area contributed by atoms with Crippen molar-refractivity contribution in [2.75, 3.05) is 6.61 Å². The topological polar surface area (TPSA) is 75.6 Å². The minimum Gasteiger partial charge on any atom is -0.387 e. The third kappa shape index (κ3) is 6.29. The van der Waals surface area contributed by atoms with E-state index in [1.54, 1.807) is 44.2 Å². The lowest BCUT2D eigenvalue weighted by molar-refractivity contribution is 0.0621. The van der Waals surface area contributed by atoms with Crippen molar-refractivity contribution in [3.05, 3.63) is 77.4 Å². The van der Waals surface area contributed by atoms with Crippen LogP contribution >= 0.6 is 0 Å². The zero-order valence-corrected chi connectivity index (χ0v) is 16.7. The average Bonchev–Trinajstić information content (AvgIpc) is 2.67. The molecule has 2 aromatic carbocycles. The summed E-state index contributed by atoms with van der Waals surface area (Å²) in [5.74, 6) is 0. The number of benzene rings is 2. The van der Waals surface area contributed by atoms with Gasteiger partial charge in [0.1, 0.15) is 0 Å². The molecule has 0 fully saturated rings. The van der Waals surface area contributed by atoms with Crippen LogP contribution in [-0.4, -0.2) is 32.3 Å². The van der Waals surface area contributed by atoms with Gasteiger partial charge in [0, 0.05) is 0 Å². The van der Waals surface area contributed by atoms with E-state index in [1.165, 1.54) is 0 Å². The molecule has 2 rings (SSSR count). The molecule has 0 saturated carbocycles. The number of ether oxygens (including phenoxy) is 1. The van der Waals surface area contributed by atoms with E-state index in [0.717, 1.165) is 11.1 Å². The predicted molar refractivity (Wildman–Crippen MR) is 107 cm³/mol. The Morgan fingerprint density at radius 2 is 1.78 bits per heavy atom. The normalized spacial score (nSPS) is 14.7. The largest absolute Gasteiger partial charge is 0.387 e. The molecule has 0 spiro atoms. The maximum Gasteiger partial charge on any atom is 0.240 e. The zero-order valence-electron chi connectivity index (χ0n) is 15.9. The zero-order chi connectivity index (χ0) is 19.9. The van der Waals surface area contributed by atoms with Crippen LogP contribution < -0.4 is 4.72 Å². The number of allylic oxidation sites excluding steroid dienone is 1. The maximum atomic E-state index is 12.7. The third-order valence-corrected chi connectivity index (χ3v) is 5.86. The molecule has 0 aliphatic rings. The van der Waals surface area contributed by atoms with E-state index in [1.807, 2.05) is 37.3 Å². The molecule has 0 radical (unpaired) electrons. The van der Waals surface area contributed by atoms with Crippen molar-refractivity contribution in [2.24, 2.45) is 0 Å². The van der Waals surface area contributed by atoms with Gasteiger partial charge in [0.15, 0.2) is 0 Å². The molecule has 0 heterocycles. The molecule has 146 valence electrons. The van der Waals surface area contributed by atoms with Gasteiger partial charge in [0.2, 0.25) is 10.0 Å². The van der Waals surface area contributed by atoms with Crippen LogP contribution in [0, 0.1) is 6.92 Å². The van der Waals surface area contributed by atoms with Crippen molar-refractivity contribution >= 4 is 10.0 Å². The molecule has 0 bridgehead atoms. The summed E-state index contributed by atoms with van der Waals surface area (Å²) in [6.07, 6.45) is 0.778. The number of aryl methyl sites for hydroxylation is 1. The SMILES string of the molecule is C/C=C(\C)[C@H](O)C(COCc1ccccc1)NS(=O)(=O)c1ccc(C)cc1. The summed E-state index contributed by atoms with van der Waals surface area (Å²) in [6, 6.07) is 15.4. The van der Waals surface area contributed by atoms with E-state index in [9.17, 15) is 13.5 Å².